The molecule has 2 aliphatic heterocycles. The van der Waals surface area contributed by atoms with Crippen molar-refractivity contribution < 1.29 is 4.74 Å². The van der Waals surface area contributed by atoms with E-state index in [0.717, 1.165) is 53.5 Å². The number of rotatable bonds is 5. The Morgan fingerprint density at radius 3 is 2.88 bits per heavy atom. The van der Waals surface area contributed by atoms with Crippen LogP contribution in [0.15, 0.2) is 48.7 Å². The van der Waals surface area contributed by atoms with E-state index in [1.54, 1.807) is 0 Å². The van der Waals surface area contributed by atoms with Crippen molar-refractivity contribution in [2.45, 2.75) is 44.7 Å². The molecule has 0 amide bonds. The molecule has 3 aromatic heterocycles. The van der Waals surface area contributed by atoms with Crippen LogP contribution in [0.25, 0.3) is 28.1 Å². The van der Waals surface area contributed by atoms with Crippen LogP contribution in [0.1, 0.15) is 44.7 Å². The molecule has 1 aromatic carbocycles. The van der Waals surface area contributed by atoms with Gasteiger partial charge in [0.2, 0.25) is 0 Å². The Labute approximate surface area is 193 Å². The van der Waals surface area contributed by atoms with Crippen LogP contribution >= 0.6 is 0 Å². The summed E-state index contributed by atoms with van der Waals surface area (Å²) in [6, 6.07) is 14.7. The van der Waals surface area contributed by atoms with Crippen molar-refractivity contribution in [1.29, 1.82) is 0 Å². The third kappa shape index (κ3) is 3.65. The Bertz CT molecular complexity index is 1310. The first-order chi connectivity index (χ1) is 16.1. The average Bonchev–Trinajstić information content (AvgIpc) is 3.58. The second kappa shape index (κ2) is 8.08. The average molecular weight is 443 g/mol. The van der Waals surface area contributed by atoms with Crippen molar-refractivity contribution >= 4 is 16.6 Å². The number of hydrogen-bond donors (Lipinski definition) is 1. The summed E-state index contributed by atoms with van der Waals surface area (Å²) >= 11 is 0. The highest BCUT2D eigenvalue weighted by atomic mass is 16.5. The van der Waals surface area contributed by atoms with Gasteiger partial charge < -0.3 is 10.1 Å². The summed E-state index contributed by atoms with van der Waals surface area (Å²) < 4.78 is 7.73. The van der Waals surface area contributed by atoms with E-state index in [9.17, 15) is 0 Å². The Balaban J connectivity index is 1.33. The van der Waals surface area contributed by atoms with Crippen LogP contribution in [0.2, 0.25) is 0 Å². The summed E-state index contributed by atoms with van der Waals surface area (Å²) in [7, 11) is 0. The molecule has 2 fully saturated rings. The van der Waals surface area contributed by atoms with Crippen molar-refractivity contribution in [2.24, 2.45) is 0 Å². The zero-order valence-electron chi connectivity index (χ0n) is 19.3. The molecule has 2 aliphatic rings. The summed E-state index contributed by atoms with van der Waals surface area (Å²) in [5, 5.41) is 13.7. The van der Waals surface area contributed by atoms with Crippen molar-refractivity contribution in [2.75, 3.05) is 26.2 Å². The lowest BCUT2D eigenvalue weighted by atomic mass is 9.97. The first-order valence-corrected chi connectivity index (χ1v) is 12.0. The maximum absolute atomic E-state index is 5.66. The van der Waals surface area contributed by atoms with E-state index < -0.39 is 0 Å². The predicted octanol–water partition coefficient (Wildman–Crippen LogP) is 4.23. The van der Waals surface area contributed by atoms with Gasteiger partial charge in [0, 0.05) is 42.3 Å². The highest BCUT2D eigenvalue weighted by Gasteiger charge is 2.41. The van der Waals surface area contributed by atoms with E-state index >= 15 is 0 Å². The zero-order valence-corrected chi connectivity index (χ0v) is 19.3. The van der Waals surface area contributed by atoms with Gasteiger partial charge in [0.15, 0.2) is 11.5 Å². The number of likely N-dealkylation sites (tertiary alicyclic amines) is 1. The molecule has 33 heavy (non-hydrogen) atoms. The quantitative estimate of drug-likeness (QED) is 0.499. The fraction of sp³-hybridized carbons (Fsp3) is 0.423. The maximum atomic E-state index is 5.66. The molecule has 0 radical (unpaired) electrons. The first-order valence-electron chi connectivity index (χ1n) is 12.0. The molecule has 0 aliphatic carbocycles. The van der Waals surface area contributed by atoms with Crippen molar-refractivity contribution in [3.05, 3.63) is 54.2 Å². The Morgan fingerprint density at radius 2 is 2.03 bits per heavy atom. The van der Waals surface area contributed by atoms with Crippen LogP contribution < -0.4 is 10.1 Å². The van der Waals surface area contributed by atoms with Gasteiger partial charge in [-0.1, -0.05) is 12.1 Å². The standard InChI is InChI=1S/C26H30N6O/c1-3-33-21-8-5-19-6-9-22(28-23(19)15-21)25-30-29-24-10-7-20(16-32(24)25)18(2)31-14-12-26(17-31)11-4-13-27-26/h5-10,15-16,18,27H,3-4,11-14,17H2,1-2H3/t18-,26?/m1/s1. The fourth-order valence-corrected chi connectivity index (χ4v) is 5.47. The van der Waals surface area contributed by atoms with E-state index in [4.69, 9.17) is 9.72 Å². The zero-order chi connectivity index (χ0) is 22.4. The van der Waals surface area contributed by atoms with Gasteiger partial charge in [0.25, 0.3) is 0 Å². The van der Waals surface area contributed by atoms with Crippen LogP contribution in [0.4, 0.5) is 0 Å². The number of hydrogen-bond acceptors (Lipinski definition) is 6. The van der Waals surface area contributed by atoms with Crippen molar-refractivity contribution in [1.82, 2.24) is 29.8 Å². The monoisotopic (exact) mass is 442 g/mol. The van der Waals surface area contributed by atoms with E-state index in [0.29, 0.717) is 18.2 Å². The lowest BCUT2D eigenvalue weighted by molar-refractivity contribution is 0.237. The molecule has 6 rings (SSSR count). The van der Waals surface area contributed by atoms with Gasteiger partial charge >= 0.3 is 0 Å². The van der Waals surface area contributed by atoms with Crippen molar-refractivity contribution in [3.8, 4) is 17.3 Å². The molecule has 0 saturated carbocycles. The normalized spacial score (nSPS) is 22.0. The second-order valence-electron chi connectivity index (χ2n) is 9.41. The minimum absolute atomic E-state index is 0.329. The van der Waals surface area contributed by atoms with Crippen LogP contribution in [-0.2, 0) is 0 Å². The molecule has 7 nitrogen and oxygen atoms in total. The van der Waals surface area contributed by atoms with Gasteiger partial charge in [-0.05, 0) is 69.5 Å². The maximum Gasteiger partial charge on any atom is 0.187 e. The van der Waals surface area contributed by atoms with E-state index in [1.807, 2.05) is 31.2 Å². The summed E-state index contributed by atoms with van der Waals surface area (Å²) in [5.41, 5.74) is 4.14. The smallest absolute Gasteiger partial charge is 0.187 e. The number of benzene rings is 1. The summed E-state index contributed by atoms with van der Waals surface area (Å²) in [5.74, 6) is 1.59. The lowest BCUT2D eigenvalue weighted by Gasteiger charge is -2.28. The van der Waals surface area contributed by atoms with Gasteiger partial charge in [-0.25, -0.2) is 4.98 Å². The van der Waals surface area contributed by atoms with Gasteiger partial charge in [0.1, 0.15) is 11.4 Å². The van der Waals surface area contributed by atoms with Gasteiger partial charge in [-0.3, -0.25) is 9.30 Å². The molecule has 170 valence electrons. The highest BCUT2D eigenvalue weighted by Crippen LogP contribution is 2.35. The molecule has 0 bridgehead atoms. The van der Waals surface area contributed by atoms with Crippen LogP contribution in [0.3, 0.4) is 0 Å². The Kier molecular flexibility index (Phi) is 5.03. The third-order valence-electron chi connectivity index (χ3n) is 7.37. The lowest BCUT2D eigenvalue weighted by Crippen LogP contribution is -2.42. The largest absolute Gasteiger partial charge is 0.494 e. The Hall–Kier alpha value is -3.03. The molecule has 2 saturated heterocycles. The number of nitrogens with one attached hydrogen (secondary N) is 1. The molecule has 1 N–H and O–H groups in total. The number of ether oxygens (including phenoxy) is 1. The molecular formula is C26H30N6O. The second-order valence-corrected chi connectivity index (χ2v) is 9.41. The highest BCUT2D eigenvalue weighted by molar-refractivity contribution is 5.82. The topological polar surface area (TPSA) is 67.6 Å². The fourth-order valence-electron chi connectivity index (χ4n) is 5.47. The SMILES string of the molecule is CCOc1ccc2ccc(-c3nnc4ccc([C@@H](C)N5CCC6(CCCN6)C5)cn34)nc2c1. The Morgan fingerprint density at radius 1 is 1.12 bits per heavy atom. The summed E-state index contributed by atoms with van der Waals surface area (Å²) in [4.78, 5) is 7.49. The van der Waals surface area contributed by atoms with Crippen molar-refractivity contribution in [3.63, 3.8) is 0 Å². The van der Waals surface area contributed by atoms with E-state index in [-0.39, 0.29) is 0 Å². The van der Waals surface area contributed by atoms with E-state index in [2.05, 4.69) is 56.1 Å². The van der Waals surface area contributed by atoms with Gasteiger partial charge in [-0.15, -0.1) is 10.2 Å². The molecule has 1 unspecified atom stereocenters. The number of fused-ring (bicyclic) bond motifs is 2. The van der Waals surface area contributed by atoms with Gasteiger partial charge in [-0.2, -0.15) is 0 Å². The first kappa shape index (κ1) is 20.6. The molecule has 4 aromatic rings. The molecule has 2 atom stereocenters. The minimum atomic E-state index is 0.329. The van der Waals surface area contributed by atoms with Crippen LogP contribution in [-0.4, -0.2) is 56.3 Å². The minimum Gasteiger partial charge on any atom is -0.494 e. The van der Waals surface area contributed by atoms with Gasteiger partial charge in [0.05, 0.1) is 12.1 Å². The predicted molar refractivity (Wildman–Crippen MR) is 129 cm³/mol. The summed E-state index contributed by atoms with van der Waals surface area (Å²) in [6.07, 6.45) is 6.01. The van der Waals surface area contributed by atoms with Crippen LogP contribution in [0, 0.1) is 0 Å². The number of aromatic nitrogens is 4. The third-order valence-corrected chi connectivity index (χ3v) is 7.37. The molecular weight excluding hydrogens is 412 g/mol. The molecule has 1 spiro atoms. The molecule has 5 heterocycles. The summed E-state index contributed by atoms with van der Waals surface area (Å²) in [6.45, 7) is 8.34. The van der Waals surface area contributed by atoms with Crippen LogP contribution in [0.5, 0.6) is 5.75 Å². The van der Waals surface area contributed by atoms with E-state index in [1.165, 1.54) is 24.8 Å². The number of nitrogens with zero attached hydrogens (tertiary/aromatic N) is 5. The molecule has 7 heteroatoms. The number of pyridine rings is 2.